The van der Waals surface area contributed by atoms with E-state index >= 15 is 0 Å². The number of rotatable bonds is 6. The largest absolute Gasteiger partial charge is 0.478 e. The maximum atomic E-state index is 14.1. The highest BCUT2D eigenvalue weighted by Crippen LogP contribution is 2.23. The number of hydrogen-bond donors (Lipinski definition) is 1. The van der Waals surface area contributed by atoms with Gasteiger partial charge in [-0.2, -0.15) is 4.68 Å². The van der Waals surface area contributed by atoms with Crippen LogP contribution in [-0.2, 0) is 0 Å². The molecule has 3 aromatic rings. The summed E-state index contributed by atoms with van der Waals surface area (Å²) in [4.78, 5) is 38.6. The third-order valence-corrected chi connectivity index (χ3v) is 4.80. The van der Waals surface area contributed by atoms with E-state index in [2.05, 4.69) is 10.4 Å². The van der Waals surface area contributed by atoms with Crippen molar-refractivity contribution in [3.63, 3.8) is 0 Å². The van der Waals surface area contributed by atoms with E-state index in [9.17, 15) is 28.3 Å². The highest BCUT2D eigenvalue weighted by molar-refractivity contribution is 5.95. The Bertz CT molecular complexity index is 1170. The lowest BCUT2D eigenvalue weighted by Gasteiger charge is -2.29. The summed E-state index contributed by atoms with van der Waals surface area (Å²) in [6.07, 6.45) is 0.981. The third-order valence-electron chi connectivity index (χ3n) is 4.80. The number of carbonyl (C=O) groups is 2. The van der Waals surface area contributed by atoms with Crippen LogP contribution in [0.15, 0.2) is 47.3 Å². The van der Waals surface area contributed by atoms with Gasteiger partial charge in [-0.3, -0.25) is 4.90 Å². The number of para-hydroxylation sites is 1. The van der Waals surface area contributed by atoms with Crippen LogP contribution in [0.3, 0.4) is 0 Å². The van der Waals surface area contributed by atoms with Crippen molar-refractivity contribution in [1.82, 2.24) is 19.8 Å². The van der Waals surface area contributed by atoms with Gasteiger partial charge in [0.15, 0.2) is 11.6 Å². The number of carboxylic acid groups (broad SMARTS) is 1. The smallest absolute Gasteiger partial charge is 0.377 e. The van der Waals surface area contributed by atoms with E-state index in [1.165, 1.54) is 29.2 Å². The number of anilines is 1. The Morgan fingerprint density at radius 3 is 2.26 bits per heavy atom. The van der Waals surface area contributed by atoms with E-state index in [0.29, 0.717) is 22.2 Å². The van der Waals surface area contributed by atoms with Crippen molar-refractivity contribution < 1.29 is 23.5 Å². The molecule has 31 heavy (non-hydrogen) atoms. The molecule has 1 amide bonds. The molecule has 3 rings (SSSR count). The van der Waals surface area contributed by atoms with Crippen molar-refractivity contribution in [2.75, 3.05) is 4.90 Å². The van der Waals surface area contributed by atoms with Crippen LogP contribution >= 0.6 is 0 Å². The van der Waals surface area contributed by atoms with Crippen LogP contribution in [-0.4, -0.2) is 42.9 Å². The topological polar surface area (TPSA) is 110 Å². The van der Waals surface area contributed by atoms with Crippen molar-refractivity contribution in [3.05, 3.63) is 70.1 Å². The van der Waals surface area contributed by atoms with E-state index in [1.54, 1.807) is 0 Å². The fraction of sp³-hybridized carbons (Fsp3) is 0.250. The molecule has 0 spiro atoms. The normalized spacial score (nSPS) is 11.0. The first-order chi connectivity index (χ1) is 14.8. The van der Waals surface area contributed by atoms with Crippen LogP contribution in [0.25, 0.3) is 5.69 Å². The Labute approximate surface area is 175 Å². The van der Waals surface area contributed by atoms with Gasteiger partial charge in [0.1, 0.15) is 5.69 Å². The zero-order valence-corrected chi connectivity index (χ0v) is 16.7. The van der Waals surface area contributed by atoms with Crippen molar-refractivity contribution in [1.29, 1.82) is 0 Å². The molecule has 1 heterocycles. The molecule has 1 aromatic heterocycles. The summed E-state index contributed by atoms with van der Waals surface area (Å²) in [6.45, 7) is 3.65. The number of hydrogen-bond acceptors (Lipinski definition) is 5. The summed E-state index contributed by atoms with van der Waals surface area (Å²) in [5, 5.41) is 16.2. The van der Waals surface area contributed by atoms with E-state index in [-0.39, 0.29) is 11.3 Å². The number of nitrogens with zero attached hydrogens (tertiary/aromatic N) is 5. The van der Waals surface area contributed by atoms with Crippen molar-refractivity contribution in [2.45, 2.75) is 32.7 Å². The molecule has 0 atom stereocenters. The number of aromatic nitrogens is 4. The molecular weight excluding hydrogens is 412 g/mol. The molecule has 0 fully saturated rings. The van der Waals surface area contributed by atoms with Crippen LogP contribution in [0, 0.1) is 11.6 Å². The zero-order valence-electron chi connectivity index (χ0n) is 16.7. The fourth-order valence-corrected chi connectivity index (χ4v) is 3.22. The van der Waals surface area contributed by atoms with Crippen molar-refractivity contribution in [2.24, 2.45) is 0 Å². The van der Waals surface area contributed by atoms with E-state index in [0.717, 1.165) is 18.2 Å². The molecule has 162 valence electrons. The summed E-state index contributed by atoms with van der Waals surface area (Å²) >= 11 is 0. The Hall–Kier alpha value is -3.89. The monoisotopic (exact) mass is 431 g/mol. The van der Waals surface area contributed by atoms with Crippen LogP contribution in [0.5, 0.6) is 0 Å². The predicted octanol–water partition coefficient (Wildman–Crippen LogP) is 3.07. The van der Waals surface area contributed by atoms with Gasteiger partial charge < -0.3 is 5.11 Å². The standard InChI is InChI=1S/C20H19F2N5O4/c1-3-13(4-2)25(14-8-5-7-12(11-14)18(28)29)19(30)27-20(31)26(23-24-27)17-15(21)9-6-10-16(17)22/h5-11,13H,3-4H2,1-2H3,(H,28,29). The summed E-state index contributed by atoms with van der Waals surface area (Å²) < 4.78 is 28.9. The first kappa shape index (κ1) is 21.8. The second kappa shape index (κ2) is 8.86. The summed E-state index contributed by atoms with van der Waals surface area (Å²) in [5.74, 6) is -3.28. The highest BCUT2D eigenvalue weighted by Gasteiger charge is 2.29. The number of carbonyl (C=O) groups excluding carboxylic acids is 1. The second-order valence-electron chi connectivity index (χ2n) is 6.63. The van der Waals surface area contributed by atoms with Gasteiger partial charge in [-0.05, 0) is 53.6 Å². The predicted molar refractivity (Wildman–Crippen MR) is 107 cm³/mol. The number of benzene rings is 2. The molecule has 0 aliphatic rings. The molecule has 0 bridgehead atoms. The quantitative estimate of drug-likeness (QED) is 0.601. The Morgan fingerprint density at radius 2 is 1.68 bits per heavy atom. The summed E-state index contributed by atoms with van der Waals surface area (Å²) in [7, 11) is 0. The number of aromatic carboxylic acids is 1. The van der Waals surface area contributed by atoms with Crippen LogP contribution in [0.1, 0.15) is 37.0 Å². The first-order valence-corrected chi connectivity index (χ1v) is 9.46. The molecule has 0 saturated carbocycles. The van der Waals surface area contributed by atoms with E-state index in [4.69, 9.17) is 0 Å². The molecule has 1 N–H and O–H groups in total. The molecule has 9 nitrogen and oxygen atoms in total. The SMILES string of the molecule is CCC(CC)N(C(=O)n1nnn(-c2c(F)cccc2F)c1=O)c1cccc(C(=O)O)c1. The number of tetrazole rings is 1. The van der Waals surface area contributed by atoms with Gasteiger partial charge in [0.05, 0.1) is 5.56 Å². The summed E-state index contributed by atoms with van der Waals surface area (Å²) in [6, 6.07) is 7.33. The zero-order chi connectivity index (χ0) is 22.7. The Morgan fingerprint density at radius 1 is 1.06 bits per heavy atom. The van der Waals surface area contributed by atoms with E-state index < -0.39 is 41.1 Å². The molecule has 0 saturated heterocycles. The van der Waals surface area contributed by atoms with Crippen LogP contribution < -0.4 is 10.6 Å². The van der Waals surface area contributed by atoms with Crippen LogP contribution in [0.2, 0.25) is 0 Å². The van der Waals surface area contributed by atoms with Gasteiger partial charge in [0, 0.05) is 11.7 Å². The molecule has 0 radical (unpaired) electrons. The van der Waals surface area contributed by atoms with Gasteiger partial charge in [-0.1, -0.05) is 26.0 Å². The Kier molecular flexibility index (Phi) is 6.23. The maximum absolute atomic E-state index is 14.1. The number of halogens is 2. The molecular formula is C20H19F2N5O4. The average Bonchev–Trinajstić information content (AvgIpc) is 3.12. The third kappa shape index (κ3) is 4.06. The fourth-order valence-electron chi connectivity index (χ4n) is 3.22. The maximum Gasteiger partial charge on any atom is 0.377 e. The van der Waals surface area contributed by atoms with Gasteiger partial charge in [0.25, 0.3) is 0 Å². The molecule has 11 heteroatoms. The minimum atomic E-state index is -1.18. The van der Waals surface area contributed by atoms with Gasteiger partial charge in [0.2, 0.25) is 0 Å². The number of amides is 1. The van der Waals surface area contributed by atoms with Crippen LogP contribution in [0.4, 0.5) is 19.3 Å². The average molecular weight is 431 g/mol. The minimum Gasteiger partial charge on any atom is -0.478 e. The lowest BCUT2D eigenvalue weighted by molar-refractivity contribution is 0.0697. The van der Waals surface area contributed by atoms with Crippen molar-refractivity contribution >= 4 is 17.7 Å². The molecule has 2 aromatic carbocycles. The van der Waals surface area contributed by atoms with E-state index in [1.807, 2.05) is 13.8 Å². The first-order valence-electron chi connectivity index (χ1n) is 9.46. The van der Waals surface area contributed by atoms with Gasteiger partial charge >= 0.3 is 17.7 Å². The molecule has 0 unspecified atom stereocenters. The summed E-state index contributed by atoms with van der Waals surface area (Å²) in [5.41, 5.74) is -1.74. The molecule has 0 aliphatic carbocycles. The number of carboxylic acids is 1. The van der Waals surface area contributed by atoms with Gasteiger partial charge in [-0.15, -0.1) is 4.68 Å². The Balaban J connectivity index is 2.12. The second-order valence-corrected chi connectivity index (χ2v) is 6.63. The molecule has 0 aliphatic heterocycles. The van der Waals surface area contributed by atoms with Crippen molar-refractivity contribution in [3.8, 4) is 5.69 Å². The lowest BCUT2D eigenvalue weighted by Crippen LogP contribution is -2.46. The minimum absolute atomic E-state index is 0.0503. The highest BCUT2D eigenvalue weighted by atomic mass is 19.1. The lowest BCUT2D eigenvalue weighted by atomic mass is 10.1. The van der Waals surface area contributed by atoms with Gasteiger partial charge in [-0.25, -0.2) is 23.2 Å².